The number of ether oxygens (including phenoxy) is 2. The highest BCUT2D eigenvalue weighted by atomic mass is 16.5. The van der Waals surface area contributed by atoms with Crippen LogP contribution < -0.4 is 5.32 Å². The summed E-state index contributed by atoms with van der Waals surface area (Å²) in [4.78, 5) is 0. The van der Waals surface area contributed by atoms with Crippen molar-refractivity contribution >= 4 is 0 Å². The molecular formula is C13H23N3O2. The zero-order chi connectivity index (χ0) is 13.0. The number of aryl methyl sites for hydroxylation is 1. The minimum absolute atomic E-state index is 0.185. The summed E-state index contributed by atoms with van der Waals surface area (Å²) in [5.41, 5.74) is 1.20. The molecule has 1 aliphatic carbocycles. The number of hydrogen-bond acceptors (Lipinski definition) is 4. The maximum Gasteiger partial charge on any atom is 0.0986 e. The third-order valence-corrected chi connectivity index (χ3v) is 3.41. The van der Waals surface area contributed by atoms with Gasteiger partial charge in [-0.1, -0.05) is 0 Å². The van der Waals surface area contributed by atoms with Crippen molar-refractivity contribution in [3.63, 3.8) is 0 Å². The van der Waals surface area contributed by atoms with Crippen molar-refractivity contribution in [2.24, 2.45) is 0 Å². The second-order valence-corrected chi connectivity index (χ2v) is 4.77. The number of aromatic nitrogens is 2. The van der Waals surface area contributed by atoms with Crippen LogP contribution in [0.5, 0.6) is 0 Å². The average molecular weight is 253 g/mol. The van der Waals surface area contributed by atoms with E-state index >= 15 is 0 Å². The van der Waals surface area contributed by atoms with Gasteiger partial charge < -0.3 is 14.8 Å². The highest BCUT2D eigenvalue weighted by Gasteiger charge is 2.41. The smallest absolute Gasteiger partial charge is 0.0986 e. The summed E-state index contributed by atoms with van der Waals surface area (Å²) in [6.07, 6.45) is 5.41. The van der Waals surface area contributed by atoms with E-state index in [4.69, 9.17) is 9.47 Å². The molecule has 0 amide bonds. The van der Waals surface area contributed by atoms with Crippen molar-refractivity contribution in [2.45, 2.75) is 45.1 Å². The molecule has 0 radical (unpaired) electrons. The van der Waals surface area contributed by atoms with Crippen molar-refractivity contribution in [1.29, 1.82) is 0 Å². The minimum atomic E-state index is 0.185. The van der Waals surface area contributed by atoms with Crippen molar-refractivity contribution in [3.05, 3.63) is 18.0 Å². The molecule has 2 rings (SSSR count). The van der Waals surface area contributed by atoms with Crippen molar-refractivity contribution < 1.29 is 9.47 Å². The van der Waals surface area contributed by atoms with E-state index in [2.05, 4.69) is 23.5 Å². The van der Waals surface area contributed by atoms with Crippen LogP contribution in [0.25, 0.3) is 0 Å². The van der Waals surface area contributed by atoms with Gasteiger partial charge in [-0.2, -0.15) is 5.10 Å². The highest BCUT2D eigenvalue weighted by molar-refractivity contribution is 5.00. The molecule has 1 aromatic heterocycles. The molecule has 1 saturated carbocycles. The summed E-state index contributed by atoms with van der Waals surface area (Å²) in [7, 11) is 1.75. The van der Waals surface area contributed by atoms with Crippen LogP contribution in [0.3, 0.4) is 0 Å². The summed E-state index contributed by atoms with van der Waals surface area (Å²) in [6, 6.07) is 0.406. The van der Waals surface area contributed by atoms with E-state index in [1.165, 1.54) is 5.56 Å². The van der Waals surface area contributed by atoms with Crippen LogP contribution >= 0.6 is 0 Å². The lowest BCUT2D eigenvalue weighted by Gasteiger charge is -2.43. The lowest BCUT2D eigenvalue weighted by molar-refractivity contribution is -0.131. The van der Waals surface area contributed by atoms with E-state index in [1.54, 1.807) is 7.11 Å². The Labute approximate surface area is 108 Å². The van der Waals surface area contributed by atoms with E-state index in [9.17, 15) is 0 Å². The van der Waals surface area contributed by atoms with Gasteiger partial charge in [0.2, 0.25) is 0 Å². The fourth-order valence-electron chi connectivity index (χ4n) is 2.43. The van der Waals surface area contributed by atoms with Crippen LogP contribution in [0, 0.1) is 6.92 Å². The topological polar surface area (TPSA) is 48.3 Å². The Balaban J connectivity index is 1.68. The maximum atomic E-state index is 5.60. The van der Waals surface area contributed by atoms with Gasteiger partial charge in [0, 0.05) is 32.5 Å². The first-order valence-corrected chi connectivity index (χ1v) is 6.61. The average Bonchev–Trinajstić information content (AvgIpc) is 2.73. The minimum Gasteiger partial charge on any atom is -0.377 e. The summed E-state index contributed by atoms with van der Waals surface area (Å²) < 4.78 is 13.0. The molecule has 1 aliphatic rings. The predicted molar refractivity (Wildman–Crippen MR) is 69.6 cm³/mol. The van der Waals surface area contributed by atoms with Gasteiger partial charge in [-0.05, 0) is 25.8 Å². The van der Waals surface area contributed by atoms with E-state index in [-0.39, 0.29) is 12.2 Å². The zero-order valence-electron chi connectivity index (χ0n) is 11.4. The number of nitrogens with zero attached hydrogens (tertiary/aromatic N) is 2. The fraction of sp³-hybridized carbons (Fsp3) is 0.769. The summed E-state index contributed by atoms with van der Waals surface area (Å²) in [6.45, 7) is 6.62. The first-order valence-electron chi connectivity index (χ1n) is 6.61. The molecule has 0 saturated heterocycles. The molecule has 1 aromatic rings. The molecule has 1 N–H and O–H groups in total. The molecule has 3 unspecified atom stereocenters. The molecule has 0 aromatic carbocycles. The van der Waals surface area contributed by atoms with Gasteiger partial charge in [-0.25, -0.2) is 0 Å². The normalized spacial score (nSPS) is 27.2. The van der Waals surface area contributed by atoms with Gasteiger partial charge in [0.05, 0.1) is 24.9 Å². The predicted octanol–water partition coefficient (Wildman–Crippen LogP) is 0.974. The molecular weight excluding hydrogens is 230 g/mol. The van der Waals surface area contributed by atoms with E-state index < -0.39 is 0 Å². The maximum absolute atomic E-state index is 5.60. The first kappa shape index (κ1) is 13.5. The first-order chi connectivity index (χ1) is 8.74. The van der Waals surface area contributed by atoms with Crippen LogP contribution in [-0.4, -0.2) is 48.3 Å². The van der Waals surface area contributed by atoms with Gasteiger partial charge in [0.1, 0.15) is 0 Å². The summed E-state index contributed by atoms with van der Waals surface area (Å²) in [5, 5.41) is 7.76. The Bertz CT molecular complexity index is 367. The SMILES string of the molecule is CCOC1CC(NCCn2cc(C)cn2)C1OC. The van der Waals surface area contributed by atoms with E-state index in [0.29, 0.717) is 6.04 Å². The molecule has 18 heavy (non-hydrogen) atoms. The monoisotopic (exact) mass is 253 g/mol. The quantitative estimate of drug-likeness (QED) is 0.787. The van der Waals surface area contributed by atoms with Crippen LogP contribution in [-0.2, 0) is 16.0 Å². The Hall–Kier alpha value is -0.910. The lowest BCUT2D eigenvalue weighted by atomic mass is 9.85. The third-order valence-electron chi connectivity index (χ3n) is 3.41. The molecule has 1 heterocycles. The number of methoxy groups -OCH3 is 1. The van der Waals surface area contributed by atoms with Gasteiger partial charge >= 0.3 is 0 Å². The number of rotatable bonds is 7. The van der Waals surface area contributed by atoms with Crippen LogP contribution in [0.15, 0.2) is 12.4 Å². The molecule has 5 nitrogen and oxygen atoms in total. The number of hydrogen-bond donors (Lipinski definition) is 1. The van der Waals surface area contributed by atoms with Crippen LogP contribution in [0.4, 0.5) is 0 Å². The van der Waals surface area contributed by atoms with Crippen molar-refractivity contribution in [3.8, 4) is 0 Å². The molecule has 0 spiro atoms. The van der Waals surface area contributed by atoms with Crippen molar-refractivity contribution in [2.75, 3.05) is 20.3 Å². The third kappa shape index (κ3) is 3.10. The van der Waals surface area contributed by atoms with Gasteiger partial charge in [-0.3, -0.25) is 4.68 Å². The van der Waals surface area contributed by atoms with E-state index in [0.717, 1.165) is 26.1 Å². The van der Waals surface area contributed by atoms with Crippen LogP contribution in [0.2, 0.25) is 0 Å². The molecule has 3 atom stereocenters. The highest BCUT2D eigenvalue weighted by Crippen LogP contribution is 2.26. The number of nitrogens with one attached hydrogen (secondary N) is 1. The Morgan fingerprint density at radius 3 is 3.00 bits per heavy atom. The van der Waals surface area contributed by atoms with Gasteiger partial charge in [0.15, 0.2) is 0 Å². The van der Waals surface area contributed by atoms with Crippen LogP contribution in [0.1, 0.15) is 18.9 Å². The van der Waals surface area contributed by atoms with Gasteiger partial charge in [0.25, 0.3) is 0 Å². The van der Waals surface area contributed by atoms with Gasteiger partial charge in [-0.15, -0.1) is 0 Å². The Morgan fingerprint density at radius 1 is 1.56 bits per heavy atom. The summed E-state index contributed by atoms with van der Waals surface area (Å²) in [5.74, 6) is 0. The Kier molecular flexibility index (Phi) is 4.74. The molecule has 0 aliphatic heterocycles. The zero-order valence-corrected chi connectivity index (χ0v) is 11.4. The molecule has 1 fully saturated rings. The summed E-state index contributed by atoms with van der Waals surface area (Å²) >= 11 is 0. The lowest BCUT2D eigenvalue weighted by Crippen LogP contribution is -2.60. The fourth-order valence-corrected chi connectivity index (χ4v) is 2.43. The molecule has 102 valence electrons. The van der Waals surface area contributed by atoms with E-state index in [1.807, 2.05) is 17.8 Å². The van der Waals surface area contributed by atoms with Crippen molar-refractivity contribution in [1.82, 2.24) is 15.1 Å². The second-order valence-electron chi connectivity index (χ2n) is 4.77. The molecule has 5 heteroatoms. The Morgan fingerprint density at radius 2 is 2.39 bits per heavy atom. The largest absolute Gasteiger partial charge is 0.377 e. The molecule has 0 bridgehead atoms. The standard InChI is InChI=1S/C13H23N3O2/c1-4-18-12-7-11(13(12)17-3)14-5-6-16-9-10(2)8-15-16/h8-9,11-14H,4-7H2,1-3H3. The second kappa shape index (κ2) is 6.31.